The number of amides is 2. The molecule has 0 fully saturated rings. The number of benzene rings is 2. The van der Waals surface area contributed by atoms with Gasteiger partial charge in [-0.1, -0.05) is 60.6 Å². The largest absolute Gasteiger partial charge is 0.508 e. The van der Waals surface area contributed by atoms with Gasteiger partial charge in [0.05, 0.1) is 11.4 Å². The van der Waals surface area contributed by atoms with Crippen LogP contribution in [-0.4, -0.2) is 29.7 Å². The molecule has 2 aromatic rings. The van der Waals surface area contributed by atoms with Crippen LogP contribution in [-0.2, 0) is 20.4 Å². The van der Waals surface area contributed by atoms with Crippen LogP contribution in [0.5, 0.6) is 11.5 Å². The van der Waals surface area contributed by atoms with Crippen LogP contribution in [0.3, 0.4) is 0 Å². The highest BCUT2D eigenvalue weighted by molar-refractivity contribution is 6.01. The van der Waals surface area contributed by atoms with Crippen molar-refractivity contribution >= 4 is 23.2 Å². The molecule has 2 rings (SSSR count). The average molecular weight is 487 g/mol. The van der Waals surface area contributed by atoms with E-state index in [1.54, 1.807) is 0 Å². The van der Waals surface area contributed by atoms with Gasteiger partial charge < -0.3 is 20.5 Å². The minimum absolute atomic E-state index is 0.00832. The third kappa shape index (κ3) is 6.96. The highest BCUT2D eigenvalue weighted by Crippen LogP contribution is 2.39. The number of phenols is 1. The second-order valence-electron chi connectivity index (χ2n) is 10.1. The summed E-state index contributed by atoms with van der Waals surface area (Å²) in [4.78, 5) is 24.7. The van der Waals surface area contributed by atoms with Gasteiger partial charge in [-0.25, -0.2) is 4.39 Å². The van der Waals surface area contributed by atoms with Gasteiger partial charge in [0, 0.05) is 11.6 Å². The fourth-order valence-corrected chi connectivity index (χ4v) is 3.59. The molecule has 6 nitrogen and oxygen atoms in total. The molecular weight excluding hydrogens is 447 g/mol. The van der Waals surface area contributed by atoms with Gasteiger partial charge in [0.15, 0.2) is 12.8 Å². The Labute approximate surface area is 208 Å². The first-order chi connectivity index (χ1) is 16.4. The predicted molar refractivity (Wildman–Crippen MR) is 139 cm³/mol. The maximum absolute atomic E-state index is 13.2. The molecule has 0 saturated carbocycles. The Morgan fingerprint density at radius 2 is 1.60 bits per heavy atom. The highest BCUT2D eigenvalue weighted by atomic mass is 19.1. The topological polar surface area (TPSA) is 87.7 Å². The van der Waals surface area contributed by atoms with E-state index < -0.39 is 24.6 Å². The zero-order valence-electron chi connectivity index (χ0n) is 21.9. The third-order valence-electron chi connectivity index (χ3n) is 6.85. The Morgan fingerprint density at radius 3 is 2.17 bits per heavy atom. The molecule has 0 aliphatic rings. The summed E-state index contributed by atoms with van der Waals surface area (Å²) < 4.78 is 19.0. The van der Waals surface area contributed by atoms with Crippen LogP contribution in [0, 0.1) is 0 Å². The van der Waals surface area contributed by atoms with Crippen molar-refractivity contribution in [3.63, 3.8) is 0 Å². The number of phenolic OH excluding ortho intramolecular Hbond substituents is 1. The first kappa shape index (κ1) is 28.1. The van der Waals surface area contributed by atoms with Crippen molar-refractivity contribution in [2.24, 2.45) is 0 Å². The number of carbonyl (C=O) groups is 2. The van der Waals surface area contributed by atoms with Crippen molar-refractivity contribution < 1.29 is 23.8 Å². The van der Waals surface area contributed by atoms with Crippen molar-refractivity contribution in [3.8, 4) is 11.5 Å². The van der Waals surface area contributed by atoms with Gasteiger partial charge in [-0.15, -0.1) is 0 Å². The zero-order valence-corrected chi connectivity index (χ0v) is 21.9. The number of carbonyl (C=O) groups excluding carboxylic acids is 2. The van der Waals surface area contributed by atoms with E-state index >= 15 is 0 Å². The van der Waals surface area contributed by atoms with Crippen LogP contribution in [0.25, 0.3) is 0 Å². The normalized spacial score (nSPS) is 12.7. The van der Waals surface area contributed by atoms with Crippen molar-refractivity contribution in [3.05, 3.63) is 47.5 Å². The monoisotopic (exact) mass is 486 g/mol. The van der Waals surface area contributed by atoms with Crippen LogP contribution in [0.1, 0.15) is 78.9 Å². The number of nitrogens with one attached hydrogen (secondary N) is 2. The van der Waals surface area contributed by atoms with E-state index in [1.807, 2.05) is 13.0 Å². The average Bonchev–Trinajstić information content (AvgIpc) is 2.83. The van der Waals surface area contributed by atoms with Crippen molar-refractivity contribution in [1.82, 2.24) is 0 Å². The summed E-state index contributed by atoms with van der Waals surface area (Å²) >= 11 is 0. The molecule has 192 valence electrons. The molecule has 0 bridgehead atoms. The van der Waals surface area contributed by atoms with Gasteiger partial charge in [0.2, 0.25) is 0 Å². The highest BCUT2D eigenvalue weighted by Gasteiger charge is 2.29. The minimum Gasteiger partial charge on any atom is -0.508 e. The summed E-state index contributed by atoms with van der Waals surface area (Å²) in [6, 6.07) is 10.2. The molecule has 1 unspecified atom stereocenters. The molecule has 0 spiro atoms. The quantitative estimate of drug-likeness (QED) is 0.318. The van der Waals surface area contributed by atoms with Crippen LogP contribution < -0.4 is 15.4 Å². The number of hydrogen-bond acceptors (Lipinski definition) is 4. The lowest BCUT2D eigenvalue weighted by molar-refractivity contribution is -0.123. The maximum Gasteiger partial charge on any atom is 0.265 e. The molecule has 2 amide bonds. The molecule has 0 radical (unpaired) electrons. The molecule has 35 heavy (non-hydrogen) atoms. The number of anilines is 2. The number of hydrogen-bond donors (Lipinski definition) is 3. The fraction of sp³-hybridized carbons (Fsp3) is 0.500. The predicted octanol–water partition coefficient (Wildman–Crippen LogP) is 6.47. The molecule has 0 saturated heterocycles. The molecule has 0 aliphatic carbocycles. The Kier molecular flexibility index (Phi) is 9.30. The standard InChI is InChI=1S/C28H39FN2O4/c1-8-23(26(34)31-22-16-19(32)12-13-21(22)30-25(33)17-29)35-24-14-11-18(27(4,5)9-2)15-20(24)28(6,7)10-3/h11-16,23,32H,8-10,17H2,1-7H3,(H,30,33)(H,31,34). The van der Waals surface area contributed by atoms with E-state index in [2.05, 4.69) is 64.3 Å². The van der Waals surface area contributed by atoms with Gasteiger partial charge in [0.25, 0.3) is 11.8 Å². The maximum atomic E-state index is 13.2. The first-order valence-corrected chi connectivity index (χ1v) is 12.2. The smallest absolute Gasteiger partial charge is 0.265 e. The van der Waals surface area contributed by atoms with Gasteiger partial charge in [-0.05, 0) is 53.9 Å². The lowest BCUT2D eigenvalue weighted by Crippen LogP contribution is -2.33. The number of alkyl halides is 1. The zero-order chi connectivity index (χ0) is 26.4. The SMILES string of the molecule is CCC(Oc1ccc(C(C)(C)CC)cc1C(C)(C)CC)C(=O)Nc1cc(O)ccc1NC(=O)CF. The molecule has 0 heterocycles. The van der Waals surface area contributed by atoms with E-state index in [0.717, 1.165) is 18.4 Å². The van der Waals surface area contributed by atoms with Gasteiger partial charge in [0.1, 0.15) is 11.5 Å². The lowest BCUT2D eigenvalue weighted by atomic mass is 9.76. The van der Waals surface area contributed by atoms with Gasteiger partial charge in [-0.2, -0.15) is 0 Å². The van der Waals surface area contributed by atoms with Crippen molar-refractivity contribution in [2.45, 2.75) is 84.7 Å². The number of halogens is 1. The summed E-state index contributed by atoms with van der Waals surface area (Å²) in [5.41, 5.74) is 2.45. The summed E-state index contributed by atoms with van der Waals surface area (Å²) in [6.45, 7) is 13.7. The molecule has 0 aromatic heterocycles. The Balaban J connectivity index is 2.38. The molecule has 1 atom stereocenters. The first-order valence-electron chi connectivity index (χ1n) is 12.2. The molecule has 7 heteroatoms. The Hall–Kier alpha value is -3.09. The van der Waals surface area contributed by atoms with Crippen LogP contribution in [0.4, 0.5) is 15.8 Å². The van der Waals surface area contributed by atoms with Gasteiger partial charge >= 0.3 is 0 Å². The second-order valence-corrected chi connectivity index (χ2v) is 10.1. The molecule has 2 aromatic carbocycles. The summed E-state index contributed by atoms with van der Waals surface area (Å²) in [5.74, 6) is -0.743. The van der Waals surface area contributed by atoms with E-state index in [0.29, 0.717) is 12.2 Å². The van der Waals surface area contributed by atoms with Gasteiger partial charge in [-0.3, -0.25) is 9.59 Å². The Morgan fingerprint density at radius 1 is 0.943 bits per heavy atom. The molecular formula is C28H39FN2O4. The van der Waals surface area contributed by atoms with Crippen molar-refractivity contribution in [2.75, 3.05) is 17.3 Å². The fourth-order valence-electron chi connectivity index (χ4n) is 3.59. The van der Waals surface area contributed by atoms with E-state index in [4.69, 9.17) is 4.74 Å². The minimum atomic E-state index is -1.20. The summed E-state index contributed by atoms with van der Waals surface area (Å²) in [7, 11) is 0. The summed E-state index contributed by atoms with van der Waals surface area (Å²) in [5, 5.41) is 15.0. The number of aromatic hydroxyl groups is 1. The van der Waals surface area contributed by atoms with Crippen LogP contribution in [0.15, 0.2) is 36.4 Å². The summed E-state index contributed by atoms with van der Waals surface area (Å²) in [6.07, 6.45) is 1.46. The molecule has 3 N–H and O–H groups in total. The third-order valence-corrected chi connectivity index (χ3v) is 6.85. The van der Waals surface area contributed by atoms with E-state index in [1.165, 1.54) is 23.8 Å². The van der Waals surface area contributed by atoms with Crippen LogP contribution in [0.2, 0.25) is 0 Å². The number of rotatable bonds is 11. The molecule has 0 aliphatic heterocycles. The van der Waals surface area contributed by atoms with Crippen molar-refractivity contribution in [1.29, 1.82) is 0 Å². The van der Waals surface area contributed by atoms with E-state index in [-0.39, 0.29) is 28.0 Å². The number of ether oxygens (including phenoxy) is 1. The second kappa shape index (κ2) is 11.6. The van der Waals surface area contributed by atoms with E-state index in [9.17, 15) is 19.1 Å². The van der Waals surface area contributed by atoms with Crippen LogP contribution >= 0.6 is 0 Å². The lowest BCUT2D eigenvalue weighted by Gasteiger charge is -2.31. The Bertz CT molecular complexity index is 1050.